The second-order valence-electron chi connectivity index (χ2n) is 4.84. The highest BCUT2D eigenvalue weighted by molar-refractivity contribution is 7.91. The van der Waals surface area contributed by atoms with Crippen LogP contribution >= 0.6 is 0 Å². The van der Waals surface area contributed by atoms with Gasteiger partial charge in [0.05, 0.1) is 11.5 Å². The van der Waals surface area contributed by atoms with E-state index in [1.54, 1.807) is 19.2 Å². The molecule has 1 aliphatic rings. The van der Waals surface area contributed by atoms with Crippen LogP contribution in [0.15, 0.2) is 18.2 Å². The first-order valence-corrected chi connectivity index (χ1v) is 8.07. The Hall–Kier alpha value is -1.14. The van der Waals surface area contributed by atoms with E-state index >= 15 is 0 Å². The quantitative estimate of drug-likeness (QED) is 0.915. The zero-order chi connectivity index (χ0) is 14.0. The summed E-state index contributed by atoms with van der Waals surface area (Å²) in [5.41, 5.74) is 0.564. The van der Waals surface area contributed by atoms with Gasteiger partial charge in [0.1, 0.15) is 17.7 Å². The van der Waals surface area contributed by atoms with Crippen molar-refractivity contribution < 1.29 is 17.5 Å². The molecule has 0 aromatic heterocycles. The smallest absolute Gasteiger partial charge is 0.154 e. The number of ether oxygens (including phenoxy) is 1. The molecule has 2 atom stereocenters. The van der Waals surface area contributed by atoms with Gasteiger partial charge < -0.3 is 10.1 Å². The molecule has 0 amide bonds. The third-order valence-corrected chi connectivity index (χ3v) is 5.10. The van der Waals surface area contributed by atoms with Crippen molar-refractivity contribution in [1.29, 1.82) is 0 Å². The van der Waals surface area contributed by atoms with Crippen LogP contribution in [0.3, 0.4) is 0 Å². The predicted octanol–water partition coefficient (Wildman–Crippen LogP) is 1.67. The molecule has 0 radical (unpaired) electrons. The fourth-order valence-corrected chi connectivity index (χ4v) is 3.72. The van der Waals surface area contributed by atoms with Crippen molar-refractivity contribution in [3.63, 3.8) is 0 Å². The van der Waals surface area contributed by atoms with Crippen molar-refractivity contribution in [2.24, 2.45) is 0 Å². The summed E-state index contributed by atoms with van der Waals surface area (Å²) in [6.45, 7) is 1.86. The molecule has 0 bridgehead atoms. The van der Waals surface area contributed by atoms with E-state index in [4.69, 9.17) is 4.74 Å². The van der Waals surface area contributed by atoms with Crippen molar-refractivity contribution in [3.8, 4) is 5.75 Å². The Kier molecular flexibility index (Phi) is 4.10. The molecule has 1 fully saturated rings. The summed E-state index contributed by atoms with van der Waals surface area (Å²) in [5, 5.41) is 2.97. The largest absolute Gasteiger partial charge is 0.489 e. The molecular weight excluding hydrogens is 269 g/mol. The number of nitrogens with one attached hydrogen (secondary N) is 1. The van der Waals surface area contributed by atoms with E-state index in [2.05, 4.69) is 5.32 Å². The SMILES string of the molecule is CNC(C)c1ccc(OC2CCS(=O)(=O)C2)cc1F. The molecule has 0 saturated carbocycles. The number of rotatable bonds is 4. The molecule has 2 rings (SSSR count). The van der Waals surface area contributed by atoms with Gasteiger partial charge in [-0.25, -0.2) is 12.8 Å². The zero-order valence-corrected chi connectivity index (χ0v) is 11.8. The van der Waals surface area contributed by atoms with Crippen LogP contribution in [0, 0.1) is 5.82 Å². The standard InChI is InChI=1S/C13H18FNO3S/c1-9(15-2)12-4-3-10(7-13(12)14)18-11-5-6-19(16,17)8-11/h3-4,7,9,11,15H,5-6,8H2,1-2H3. The van der Waals surface area contributed by atoms with Crippen LogP contribution in [0.25, 0.3) is 0 Å². The van der Waals surface area contributed by atoms with Crippen LogP contribution in [0.2, 0.25) is 0 Å². The van der Waals surface area contributed by atoms with Crippen LogP contribution < -0.4 is 10.1 Å². The second-order valence-corrected chi connectivity index (χ2v) is 7.07. The first-order chi connectivity index (χ1) is 8.91. The van der Waals surface area contributed by atoms with Gasteiger partial charge in [-0.15, -0.1) is 0 Å². The minimum atomic E-state index is -2.98. The van der Waals surface area contributed by atoms with E-state index in [9.17, 15) is 12.8 Å². The molecule has 6 heteroatoms. The van der Waals surface area contributed by atoms with Gasteiger partial charge in [-0.05, 0) is 26.5 Å². The van der Waals surface area contributed by atoms with Crippen LogP contribution in [0.1, 0.15) is 24.9 Å². The predicted molar refractivity (Wildman–Crippen MR) is 71.6 cm³/mol. The maximum Gasteiger partial charge on any atom is 0.154 e. The lowest BCUT2D eigenvalue weighted by molar-refractivity contribution is 0.228. The Morgan fingerprint density at radius 1 is 1.47 bits per heavy atom. The fourth-order valence-electron chi connectivity index (χ4n) is 2.13. The molecule has 19 heavy (non-hydrogen) atoms. The number of sulfone groups is 1. The molecule has 4 nitrogen and oxygen atoms in total. The molecule has 1 saturated heterocycles. The second kappa shape index (κ2) is 5.46. The number of hydrogen-bond donors (Lipinski definition) is 1. The number of benzene rings is 1. The summed E-state index contributed by atoms with van der Waals surface area (Å²) >= 11 is 0. The summed E-state index contributed by atoms with van der Waals surface area (Å²) in [7, 11) is -1.22. The van der Waals surface area contributed by atoms with Gasteiger partial charge in [-0.2, -0.15) is 0 Å². The van der Waals surface area contributed by atoms with E-state index < -0.39 is 9.84 Å². The summed E-state index contributed by atoms with van der Waals surface area (Å²) in [6, 6.07) is 4.57. The van der Waals surface area contributed by atoms with Gasteiger partial charge in [-0.1, -0.05) is 6.07 Å². The number of halogens is 1. The topological polar surface area (TPSA) is 55.4 Å². The third-order valence-electron chi connectivity index (χ3n) is 3.36. The van der Waals surface area contributed by atoms with Crippen LogP contribution in [0.4, 0.5) is 4.39 Å². The molecular formula is C13H18FNO3S. The Balaban J connectivity index is 2.09. The maximum atomic E-state index is 13.9. The van der Waals surface area contributed by atoms with Crippen molar-refractivity contribution in [3.05, 3.63) is 29.6 Å². The highest BCUT2D eigenvalue weighted by atomic mass is 32.2. The van der Waals surface area contributed by atoms with E-state index in [1.165, 1.54) is 6.07 Å². The molecule has 2 unspecified atom stereocenters. The lowest BCUT2D eigenvalue weighted by atomic mass is 10.1. The average molecular weight is 287 g/mol. The maximum absolute atomic E-state index is 13.9. The minimum Gasteiger partial charge on any atom is -0.489 e. The third kappa shape index (κ3) is 3.45. The molecule has 1 aromatic carbocycles. The van der Waals surface area contributed by atoms with Gasteiger partial charge in [0.15, 0.2) is 9.84 Å². The van der Waals surface area contributed by atoms with Crippen molar-refractivity contribution in [2.75, 3.05) is 18.6 Å². The molecule has 106 valence electrons. The van der Waals surface area contributed by atoms with E-state index in [-0.39, 0.29) is 29.5 Å². The van der Waals surface area contributed by atoms with Gasteiger partial charge in [-0.3, -0.25) is 0 Å². The van der Waals surface area contributed by atoms with Gasteiger partial charge in [0.2, 0.25) is 0 Å². The first kappa shape index (κ1) is 14.3. The van der Waals surface area contributed by atoms with Crippen LogP contribution in [-0.4, -0.2) is 33.1 Å². The Labute approximate surface area is 112 Å². The molecule has 1 aromatic rings. The highest BCUT2D eigenvalue weighted by Gasteiger charge is 2.29. The summed E-state index contributed by atoms with van der Waals surface area (Å²) < 4.78 is 42.0. The van der Waals surface area contributed by atoms with E-state index in [0.717, 1.165) is 0 Å². The van der Waals surface area contributed by atoms with E-state index in [1.807, 2.05) is 6.92 Å². The summed E-state index contributed by atoms with van der Waals surface area (Å²) in [4.78, 5) is 0. The lowest BCUT2D eigenvalue weighted by Crippen LogP contribution is -2.18. The monoisotopic (exact) mass is 287 g/mol. The zero-order valence-electron chi connectivity index (χ0n) is 11.0. The summed E-state index contributed by atoms with van der Waals surface area (Å²) in [5.74, 6) is 0.199. The number of hydrogen-bond acceptors (Lipinski definition) is 4. The summed E-state index contributed by atoms with van der Waals surface area (Å²) in [6.07, 6.45) is 0.107. The first-order valence-electron chi connectivity index (χ1n) is 6.25. The molecule has 1 N–H and O–H groups in total. The molecule has 0 spiro atoms. The normalized spacial score (nSPS) is 23.2. The van der Waals surface area contributed by atoms with Crippen molar-refractivity contribution >= 4 is 9.84 Å². The highest BCUT2D eigenvalue weighted by Crippen LogP contribution is 2.24. The van der Waals surface area contributed by atoms with Crippen molar-refractivity contribution in [1.82, 2.24) is 5.32 Å². The van der Waals surface area contributed by atoms with Crippen LogP contribution in [-0.2, 0) is 9.84 Å². The van der Waals surface area contributed by atoms with Gasteiger partial charge in [0.25, 0.3) is 0 Å². The average Bonchev–Trinajstić information content (AvgIpc) is 2.68. The molecule has 1 heterocycles. The molecule has 1 aliphatic heterocycles. The Bertz CT molecular complexity index is 559. The fraction of sp³-hybridized carbons (Fsp3) is 0.538. The van der Waals surface area contributed by atoms with Crippen LogP contribution in [0.5, 0.6) is 5.75 Å². The van der Waals surface area contributed by atoms with Crippen molar-refractivity contribution in [2.45, 2.75) is 25.5 Å². The van der Waals surface area contributed by atoms with Gasteiger partial charge in [0, 0.05) is 17.7 Å². The Morgan fingerprint density at radius 3 is 2.74 bits per heavy atom. The minimum absolute atomic E-state index is 0.0172. The van der Waals surface area contributed by atoms with E-state index in [0.29, 0.717) is 17.7 Å². The van der Waals surface area contributed by atoms with Gasteiger partial charge >= 0.3 is 0 Å². The molecule has 0 aliphatic carbocycles. The lowest BCUT2D eigenvalue weighted by Gasteiger charge is -2.15. The Morgan fingerprint density at radius 2 is 2.21 bits per heavy atom.